The van der Waals surface area contributed by atoms with Crippen LogP contribution in [-0.2, 0) is 19.6 Å². The Hall–Kier alpha value is -3.07. The smallest absolute Gasteiger partial charge is 0.332 e. The molecule has 0 unspecified atom stereocenters. The quantitative estimate of drug-likeness (QED) is 0.405. The van der Waals surface area contributed by atoms with Crippen LogP contribution in [-0.4, -0.2) is 30.4 Å². The van der Waals surface area contributed by atoms with Crippen molar-refractivity contribution in [1.82, 2.24) is 18.7 Å². The molecule has 4 rings (SSSR count). The second-order valence-electron chi connectivity index (χ2n) is 7.37. The molecule has 0 radical (unpaired) electrons. The van der Waals surface area contributed by atoms with Crippen molar-refractivity contribution in [3.8, 4) is 11.8 Å². The SMILES string of the molecule is CCn1c(=O)n(CCCO)c(=O)c2c1nc(Oc1ccccc1Cl)n2Cc1ccc(Cl)cc1. The van der Waals surface area contributed by atoms with Crippen molar-refractivity contribution in [3.63, 3.8) is 0 Å². The van der Waals surface area contributed by atoms with Gasteiger partial charge in [0.15, 0.2) is 11.2 Å². The number of halogens is 2. The number of ether oxygens (including phenoxy) is 1. The number of aliphatic hydroxyl groups is 1. The Bertz CT molecular complexity index is 1410. The van der Waals surface area contributed by atoms with Crippen molar-refractivity contribution >= 4 is 34.4 Å². The second-order valence-corrected chi connectivity index (χ2v) is 8.22. The van der Waals surface area contributed by atoms with E-state index in [0.717, 1.165) is 10.1 Å². The molecule has 0 aliphatic heterocycles. The summed E-state index contributed by atoms with van der Waals surface area (Å²) in [5.74, 6) is 0.373. The normalized spacial score (nSPS) is 11.3. The highest BCUT2D eigenvalue weighted by atomic mass is 35.5. The molecule has 0 saturated carbocycles. The summed E-state index contributed by atoms with van der Waals surface area (Å²) < 4.78 is 10.2. The van der Waals surface area contributed by atoms with E-state index in [1.807, 2.05) is 12.1 Å². The van der Waals surface area contributed by atoms with Crippen LogP contribution >= 0.6 is 23.2 Å². The lowest BCUT2D eigenvalue weighted by molar-refractivity contribution is 0.277. The second kappa shape index (κ2) is 9.82. The average Bonchev–Trinajstić information content (AvgIpc) is 3.15. The zero-order valence-corrected chi connectivity index (χ0v) is 19.4. The fraction of sp³-hybridized carbons (Fsp3) is 0.261. The summed E-state index contributed by atoms with van der Waals surface area (Å²) in [5.41, 5.74) is 0.334. The van der Waals surface area contributed by atoms with E-state index in [2.05, 4.69) is 4.98 Å². The summed E-state index contributed by atoms with van der Waals surface area (Å²) in [4.78, 5) is 30.9. The highest BCUT2D eigenvalue weighted by molar-refractivity contribution is 6.32. The Morgan fingerprint density at radius 3 is 2.39 bits per heavy atom. The van der Waals surface area contributed by atoms with Gasteiger partial charge < -0.3 is 9.84 Å². The summed E-state index contributed by atoms with van der Waals surface area (Å²) >= 11 is 12.3. The summed E-state index contributed by atoms with van der Waals surface area (Å²) in [5, 5.41) is 10.2. The van der Waals surface area contributed by atoms with Crippen molar-refractivity contribution < 1.29 is 9.84 Å². The van der Waals surface area contributed by atoms with Crippen LogP contribution in [0.15, 0.2) is 58.1 Å². The van der Waals surface area contributed by atoms with Gasteiger partial charge in [0.25, 0.3) is 5.56 Å². The Balaban J connectivity index is 1.97. The monoisotopic (exact) mass is 488 g/mol. The van der Waals surface area contributed by atoms with Crippen LogP contribution < -0.4 is 16.0 Å². The van der Waals surface area contributed by atoms with Crippen LogP contribution in [0.3, 0.4) is 0 Å². The minimum atomic E-state index is -0.497. The molecule has 0 spiro atoms. The Morgan fingerprint density at radius 1 is 1.00 bits per heavy atom. The van der Waals surface area contributed by atoms with Crippen LogP contribution in [0.2, 0.25) is 10.0 Å². The number of rotatable bonds is 8. The van der Waals surface area contributed by atoms with Crippen molar-refractivity contribution in [1.29, 1.82) is 0 Å². The maximum Gasteiger partial charge on any atom is 0.332 e. The van der Waals surface area contributed by atoms with Gasteiger partial charge in [-0.3, -0.25) is 18.5 Å². The lowest BCUT2D eigenvalue weighted by Gasteiger charge is -2.12. The number of aromatic nitrogens is 4. The first-order valence-electron chi connectivity index (χ1n) is 10.5. The van der Waals surface area contributed by atoms with Crippen LogP contribution in [0.25, 0.3) is 11.2 Å². The van der Waals surface area contributed by atoms with Crippen molar-refractivity contribution in [2.24, 2.45) is 0 Å². The number of fused-ring (bicyclic) bond motifs is 1. The van der Waals surface area contributed by atoms with Crippen LogP contribution in [0.5, 0.6) is 11.8 Å². The molecule has 8 nitrogen and oxygen atoms in total. The number of hydrogen-bond acceptors (Lipinski definition) is 5. The minimum Gasteiger partial charge on any atom is -0.424 e. The highest BCUT2D eigenvalue weighted by Crippen LogP contribution is 2.30. The van der Waals surface area contributed by atoms with E-state index in [0.29, 0.717) is 22.3 Å². The molecule has 0 aliphatic rings. The topological polar surface area (TPSA) is 91.3 Å². The molecular weight excluding hydrogens is 467 g/mol. The highest BCUT2D eigenvalue weighted by Gasteiger charge is 2.23. The number of benzene rings is 2. The summed E-state index contributed by atoms with van der Waals surface area (Å²) in [6.07, 6.45) is 0.276. The van der Waals surface area contributed by atoms with Crippen LogP contribution in [0, 0.1) is 0 Å². The first-order valence-corrected chi connectivity index (χ1v) is 11.2. The first kappa shape index (κ1) is 23.1. The lowest BCUT2D eigenvalue weighted by atomic mass is 10.2. The molecule has 0 fully saturated rings. The van der Waals surface area contributed by atoms with E-state index < -0.39 is 11.2 Å². The molecule has 4 aromatic rings. The van der Waals surface area contributed by atoms with Crippen molar-refractivity contribution in [2.75, 3.05) is 6.61 Å². The van der Waals surface area contributed by atoms with E-state index in [-0.39, 0.29) is 43.3 Å². The van der Waals surface area contributed by atoms with E-state index >= 15 is 0 Å². The maximum absolute atomic E-state index is 13.4. The van der Waals surface area contributed by atoms with Gasteiger partial charge in [-0.25, -0.2) is 4.79 Å². The number of para-hydroxylation sites is 1. The van der Waals surface area contributed by atoms with E-state index in [1.165, 1.54) is 4.57 Å². The number of hydrogen-bond donors (Lipinski definition) is 1. The van der Waals surface area contributed by atoms with Gasteiger partial charge in [0.2, 0.25) is 0 Å². The van der Waals surface area contributed by atoms with Crippen LogP contribution in [0.1, 0.15) is 18.9 Å². The molecule has 1 N–H and O–H groups in total. The van der Waals surface area contributed by atoms with Gasteiger partial charge in [-0.15, -0.1) is 0 Å². The van der Waals surface area contributed by atoms with Gasteiger partial charge in [0.1, 0.15) is 5.75 Å². The fourth-order valence-electron chi connectivity index (χ4n) is 3.60. The zero-order chi connectivity index (χ0) is 23.5. The minimum absolute atomic E-state index is 0.0942. The largest absolute Gasteiger partial charge is 0.424 e. The van der Waals surface area contributed by atoms with E-state index in [1.54, 1.807) is 47.9 Å². The molecule has 0 amide bonds. The Labute approximate surface area is 199 Å². The molecule has 0 aliphatic carbocycles. The van der Waals surface area contributed by atoms with Gasteiger partial charge in [-0.1, -0.05) is 47.5 Å². The summed E-state index contributed by atoms with van der Waals surface area (Å²) in [7, 11) is 0. The third kappa shape index (κ3) is 4.55. The molecule has 33 heavy (non-hydrogen) atoms. The van der Waals surface area contributed by atoms with Crippen molar-refractivity contribution in [3.05, 3.63) is 85.0 Å². The zero-order valence-electron chi connectivity index (χ0n) is 17.9. The Morgan fingerprint density at radius 2 is 1.73 bits per heavy atom. The number of aryl methyl sites for hydroxylation is 1. The van der Waals surface area contributed by atoms with Gasteiger partial charge >= 0.3 is 11.7 Å². The molecule has 0 bridgehead atoms. The number of nitrogens with zero attached hydrogens (tertiary/aromatic N) is 4. The first-order chi connectivity index (χ1) is 15.9. The molecule has 0 saturated heterocycles. The standard InChI is InChI=1S/C23H22Cl2N4O4/c1-2-27-20-19(21(31)28(23(27)32)12-5-13-30)29(14-15-8-10-16(24)11-9-15)22(26-20)33-18-7-4-3-6-17(18)25/h3-4,6-11,30H,2,5,12-14H2,1H3. The summed E-state index contributed by atoms with van der Waals surface area (Å²) in [6, 6.07) is 14.3. The van der Waals surface area contributed by atoms with Gasteiger partial charge in [0.05, 0.1) is 11.6 Å². The number of imidazole rings is 1. The fourth-order valence-corrected chi connectivity index (χ4v) is 3.90. The van der Waals surface area contributed by atoms with Gasteiger partial charge in [0, 0.05) is 24.7 Å². The van der Waals surface area contributed by atoms with Crippen molar-refractivity contribution in [2.45, 2.75) is 33.0 Å². The van der Waals surface area contributed by atoms with E-state index in [4.69, 9.17) is 27.9 Å². The van der Waals surface area contributed by atoms with Gasteiger partial charge in [-0.05, 0) is 43.2 Å². The van der Waals surface area contributed by atoms with Gasteiger partial charge in [-0.2, -0.15) is 4.98 Å². The molecule has 0 atom stereocenters. The summed E-state index contributed by atoms with van der Waals surface area (Å²) in [6.45, 7) is 2.31. The molecular formula is C23H22Cl2N4O4. The number of aliphatic hydroxyl groups excluding tert-OH is 1. The molecule has 172 valence electrons. The third-order valence-electron chi connectivity index (χ3n) is 5.23. The Kier molecular flexibility index (Phi) is 6.88. The predicted molar refractivity (Wildman–Crippen MR) is 128 cm³/mol. The average molecular weight is 489 g/mol. The van der Waals surface area contributed by atoms with E-state index in [9.17, 15) is 14.7 Å². The molecule has 10 heteroatoms. The predicted octanol–water partition coefficient (Wildman–Crippen LogP) is 3.91. The third-order valence-corrected chi connectivity index (χ3v) is 5.79. The molecule has 2 aromatic heterocycles. The molecule has 2 heterocycles. The van der Waals surface area contributed by atoms with Crippen LogP contribution in [0.4, 0.5) is 0 Å². The lowest BCUT2D eigenvalue weighted by Crippen LogP contribution is -2.40. The maximum atomic E-state index is 13.4. The molecule has 2 aromatic carbocycles.